The number of aryl methyl sites for hydroxylation is 2. The van der Waals surface area contributed by atoms with E-state index in [-0.39, 0.29) is 6.04 Å². The van der Waals surface area contributed by atoms with Gasteiger partial charge in [0.1, 0.15) is 16.7 Å². The molecule has 3 nitrogen and oxygen atoms in total. The number of hydrogen-bond donors (Lipinski definition) is 1. The molecule has 0 saturated carbocycles. The Labute approximate surface area is 113 Å². The Hall–Kier alpha value is -0.940. The number of thiophene rings is 1. The van der Waals surface area contributed by atoms with Crippen LogP contribution in [0.4, 0.5) is 5.82 Å². The lowest BCUT2D eigenvalue weighted by atomic mass is 10.1. The lowest BCUT2D eigenvalue weighted by Crippen LogP contribution is -2.08. The van der Waals surface area contributed by atoms with Crippen LogP contribution in [0.1, 0.15) is 28.3 Å². The molecular formula is C12H14BrN3S. The van der Waals surface area contributed by atoms with Gasteiger partial charge in [0.2, 0.25) is 0 Å². The number of halogens is 1. The van der Waals surface area contributed by atoms with Gasteiger partial charge in [0.25, 0.3) is 0 Å². The smallest absolute Gasteiger partial charge is 0.130 e. The van der Waals surface area contributed by atoms with E-state index in [2.05, 4.69) is 58.1 Å². The fourth-order valence-electron chi connectivity index (χ4n) is 1.79. The van der Waals surface area contributed by atoms with E-state index in [0.717, 1.165) is 10.4 Å². The summed E-state index contributed by atoms with van der Waals surface area (Å²) in [6.07, 6.45) is 1.55. The zero-order valence-corrected chi connectivity index (χ0v) is 12.4. The quantitative estimate of drug-likeness (QED) is 0.868. The molecule has 90 valence electrons. The van der Waals surface area contributed by atoms with E-state index < -0.39 is 0 Å². The molecule has 0 aliphatic rings. The van der Waals surface area contributed by atoms with Gasteiger partial charge in [0.15, 0.2) is 0 Å². The molecule has 0 spiro atoms. The summed E-state index contributed by atoms with van der Waals surface area (Å²) in [7, 11) is 0. The molecule has 0 amide bonds. The van der Waals surface area contributed by atoms with Crippen molar-refractivity contribution in [1.82, 2.24) is 9.97 Å². The van der Waals surface area contributed by atoms with Crippen molar-refractivity contribution in [1.29, 1.82) is 0 Å². The molecule has 0 saturated heterocycles. The van der Waals surface area contributed by atoms with Gasteiger partial charge in [-0.05, 0) is 48.3 Å². The van der Waals surface area contributed by atoms with E-state index in [1.54, 1.807) is 6.33 Å². The minimum Gasteiger partial charge on any atom is -0.363 e. The van der Waals surface area contributed by atoms with Gasteiger partial charge in [0.05, 0.1) is 6.04 Å². The number of anilines is 1. The molecule has 17 heavy (non-hydrogen) atoms. The monoisotopic (exact) mass is 311 g/mol. The van der Waals surface area contributed by atoms with Crippen molar-refractivity contribution in [2.75, 3.05) is 5.32 Å². The van der Waals surface area contributed by atoms with E-state index in [0.29, 0.717) is 0 Å². The van der Waals surface area contributed by atoms with Crippen LogP contribution in [0.3, 0.4) is 0 Å². The van der Waals surface area contributed by atoms with E-state index in [1.165, 1.54) is 15.3 Å². The average molecular weight is 312 g/mol. The summed E-state index contributed by atoms with van der Waals surface area (Å²) in [6.45, 7) is 6.43. The minimum absolute atomic E-state index is 0.252. The fraction of sp³-hybridized carbons (Fsp3) is 0.333. The number of nitrogens with zero attached hydrogens (tertiary/aromatic N) is 2. The van der Waals surface area contributed by atoms with Gasteiger partial charge < -0.3 is 5.32 Å². The highest BCUT2D eigenvalue weighted by molar-refractivity contribution is 9.10. The molecule has 0 bridgehead atoms. The van der Waals surface area contributed by atoms with E-state index in [9.17, 15) is 0 Å². The maximum absolute atomic E-state index is 4.19. The molecule has 2 heterocycles. The molecule has 1 N–H and O–H groups in total. The summed E-state index contributed by atoms with van der Waals surface area (Å²) in [4.78, 5) is 10.9. The maximum Gasteiger partial charge on any atom is 0.130 e. The lowest BCUT2D eigenvalue weighted by molar-refractivity contribution is 0.868. The molecule has 0 aliphatic heterocycles. The van der Waals surface area contributed by atoms with Crippen molar-refractivity contribution >= 4 is 33.1 Å². The van der Waals surface area contributed by atoms with Crippen LogP contribution < -0.4 is 5.32 Å². The van der Waals surface area contributed by atoms with Crippen LogP contribution in [0, 0.1) is 13.8 Å². The molecule has 5 heteroatoms. The second-order valence-electron chi connectivity index (χ2n) is 3.96. The normalized spacial score (nSPS) is 12.5. The van der Waals surface area contributed by atoms with Gasteiger partial charge in [-0.1, -0.05) is 0 Å². The molecule has 0 fully saturated rings. The van der Waals surface area contributed by atoms with Crippen molar-refractivity contribution in [2.24, 2.45) is 0 Å². The summed E-state index contributed by atoms with van der Waals surface area (Å²) in [6, 6.07) is 4.36. The van der Waals surface area contributed by atoms with Crippen LogP contribution in [-0.2, 0) is 0 Å². The maximum atomic E-state index is 4.19. The lowest BCUT2D eigenvalue weighted by Gasteiger charge is -2.14. The van der Waals surface area contributed by atoms with Crippen LogP contribution in [0.5, 0.6) is 0 Å². The van der Waals surface area contributed by atoms with Crippen molar-refractivity contribution in [3.63, 3.8) is 0 Å². The van der Waals surface area contributed by atoms with Crippen molar-refractivity contribution in [3.05, 3.63) is 38.4 Å². The summed E-state index contributed by atoms with van der Waals surface area (Å²) in [5.74, 6) is 0.836. The molecule has 1 unspecified atom stereocenters. The Morgan fingerprint density at radius 1 is 1.29 bits per heavy atom. The van der Waals surface area contributed by atoms with Gasteiger partial charge in [-0.3, -0.25) is 0 Å². The first kappa shape index (κ1) is 12.5. The fourth-order valence-corrected chi connectivity index (χ4v) is 3.12. The molecule has 2 rings (SSSR count). The Balaban J connectivity index is 2.16. The topological polar surface area (TPSA) is 37.8 Å². The highest BCUT2D eigenvalue weighted by atomic mass is 79.9. The van der Waals surface area contributed by atoms with Gasteiger partial charge in [-0.2, -0.15) is 0 Å². The number of aromatic nitrogens is 2. The zero-order chi connectivity index (χ0) is 12.4. The van der Waals surface area contributed by atoms with Gasteiger partial charge in [-0.25, -0.2) is 9.97 Å². The first-order valence-electron chi connectivity index (χ1n) is 5.37. The Bertz CT molecular complexity index is 524. The number of hydrogen-bond acceptors (Lipinski definition) is 4. The van der Waals surface area contributed by atoms with Crippen molar-refractivity contribution in [3.8, 4) is 0 Å². The van der Waals surface area contributed by atoms with E-state index >= 15 is 0 Å². The first-order valence-corrected chi connectivity index (χ1v) is 6.98. The summed E-state index contributed by atoms with van der Waals surface area (Å²) >= 11 is 5.17. The van der Waals surface area contributed by atoms with Gasteiger partial charge >= 0.3 is 0 Å². The van der Waals surface area contributed by atoms with Crippen LogP contribution in [0.2, 0.25) is 0 Å². The third-order valence-corrected chi connectivity index (χ3v) is 3.96. The van der Waals surface area contributed by atoms with E-state index in [1.807, 2.05) is 17.4 Å². The standard InChI is InChI=1S/C12H14BrN3S/c1-7-4-10(9(3)17-7)8(2)16-12-5-11(13)14-6-15-12/h4-6,8H,1-3H3,(H,14,15,16). The third-order valence-electron chi connectivity index (χ3n) is 2.54. The molecule has 1 atom stereocenters. The number of rotatable bonds is 3. The average Bonchev–Trinajstić information content (AvgIpc) is 2.58. The molecule has 2 aromatic heterocycles. The van der Waals surface area contributed by atoms with E-state index in [4.69, 9.17) is 0 Å². The highest BCUT2D eigenvalue weighted by Crippen LogP contribution is 2.28. The second kappa shape index (κ2) is 5.14. The number of nitrogens with one attached hydrogen (secondary N) is 1. The molecule has 0 aliphatic carbocycles. The SMILES string of the molecule is Cc1cc(C(C)Nc2cc(Br)ncn2)c(C)s1. The molecular weight excluding hydrogens is 298 g/mol. The highest BCUT2D eigenvalue weighted by Gasteiger charge is 2.11. The molecule has 0 aromatic carbocycles. The van der Waals surface area contributed by atoms with Crippen molar-refractivity contribution in [2.45, 2.75) is 26.8 Å². The Morgan fingerprint density at radius 3 is 2.65 bits per heavy atom. The molecule has 0 radical (unpaired) electrons. The van der Waals surface area contributed by atoms with Gasteiger partial charge in [-0.15, -0.1) is 11.3 Å². The van der Waals surface area contributed by atoms with Crippen molar-refractivity contribution < 1.29 is 0 Å². The summed E-state index contributed by atoms with van der Waals surface area (Å²) in [5, 5.41) is 3.38. The Morgan fingerprint density at radius 2 is 2.06 bits per heavy atom. The van der Waals surface area contributed by atoms with Crippen LogP contribution in [-0.4, -0.2) is 9.97 Å². The van der Waals surface area contributed by atoms with Crippen LogP contribution in [0.15, 0.2) is 23.1 Å². The van der Waals surface area contributed by atoms with Crippen LogP contribution in [0.25, 0.3) is 0 Å². The first-order chi connectivity index (χ1) is 8.06. The minimum atomic E-state index is 0.252. The summed E-state index contributed by atoms with van der Waals surface area (Å²) in [5.41, 5.74) is 1.34. The second-order valence-corrected chi connectivity index (χ2v) is 6.23. The predicted molar refractivity (Wildman–Crippen MR) is 75.6 cm³/mol. The zero-order valence-electron chi connectivity index (χ0n) is 9.99. The predicted octanol–water partition coefficient (Wildman–Crippen LogP) is 4.09. The summed E-state index contributed by atoms with van der Waals surface area (Å²) < 4.78 is 0.792. The third kappa shape index (κ3) is 3.04. The van der Waals surface area contributed by atoms with Gasteiger partial charge in [0, 0.05) is 15.8 Å². The molecule has 2 aromatic rings. The Kier molecular flexibility index (Phi) is 3.79. The van der Waals surface area contributed by atoms with Crippen LogP contribution >= 0.6 is 27.3 Å². The largest absolute Gasteiger partial charge is 0.363 e.